The molecule has 0 heterocycles. The molecule has 0 aromatic rings. The van der Waals surface area contributed by atoms with Gasteiger partial charge in [0.1, 0.15) is 6.29 Å². The van der Waals surface area contributed by atoms with Crippen LogP contribution in [0.2, 0.25) is 0 Å². The Morgan fingerprint density at radius 2 is 2.14 bits per heavy atom. The van der Waals surface area contributed by atoms with E-state index in [0.29, 0.717) is 17.3 Å². The normalized spacial score (nSPS) is 45.5. The molecule has 0 bridgehead atoms. The molecule has 7 atom stereocenters. The molecule has 22 heavy (non-hydrogen) atoms. The average molecular weight is 302 g/mol. The third-order valence-corrected chi connectivity index (χ3v) is 6.98. The third-order valence-electron chi connectivity index (χ3n) is 6.98. The van der Waals surface area contributed by atoms with Crippen molar-refractivity contribution < 1.29 is 9.90 Å². The second-order valence-electron chi connectivity index (χ2n) is 8.16. The monoisotopic (exact) mass is 302 g/mol. The lowest BCUT2D eigenvalue weighted by Crippen LogP contribution is -2.45. The molecule has 3 rings (SSSR count). The summed E-state index contributed by atoms with van der Waals surface area (Å²) in [6, 6.07) is 0. The van der Waals surface area contributed by atoms with Crippen LogP contribution in [-0.2, 0) is 4.79 Å². The Labute approximate surface area is 134 Å². The second-order valence-corrected chi connectivity index (χ2v) is 8.16. The fraction of sp³-hybridized carbons (Fsp3) is 0.750. The van der Waals surface area contributed by atoms with Gasteiger partial charge in [-0.2, -0.15) is 0 Å². The summed E-state index contributed by atoms with van der Waals surface area (Å²) in [6.45, 7) is 4.80. The highest BCUT2D eigenvalue weighted by Gasteiger charge is 2.50. The molecule has 2 nitrogen and oxygen atoms in total. The number of fused-ring (bicyclic) bond motifs is 1. The molecule has 2 fully saturated rings. The highest BCUT2D eigenvalue weighted by Crippen LogP contribution is 2.58. The number of carbonyl (C=O) groups excluding carboxylic acids is 1. The number of aldehydes is 1. The zero-order valence-corrected chi connectivity index (χ0v) is 13.9. The minimum Gasteiger partial charge on any atom is -0.389 e. The number of hydrogen-bond acceptors (Lipinski definition) is 2. The summed E-state index contributed by atoms with van der Waals surface area (Å²) in [5.41, 5.74) is 0.336. The summed E-state index contributed by atoms with van der Waals surface area (Å²) in [4.78, 5) is 10.5. The molecule has 3 aliphatic carbocycles. The maximum absolute atomic E-state index is 10.5. The third kappa shape index (κ3) is 2.82. The molecular weight excluding hydrogens is 272 g/mol. The van der Waals surface area contributed by atoms with Crippen molar-refractivity contribution in [2.24, 2.45) is 35.0 Å². The average Bonchev–Trinajstić information content (AvgIpc) is 2.88. The van der Waals surface area contributed by atoms with Crippen molar-refractivity contribution in [1.82, 2.24) is 0 Å². The van der Waals surface area contributed by atoms with Gasteiger partial charge in [-0.25, -0.2) is 0 Å². The molecule has 1 N–H and O–H groups in total. The number of allylic oxidation sites excluding steroid dienone is 3. The van der Waals surface area contributed by atoms with Crippen LogP contribution < -0.4 is 0 Å². The Morgan fingerprint density at radius 3 is 2.77 bits per heavy atom. The minimum atomic E-state index is -0.476. The van der Waals surface area contributed by atoms with E-state index in [1.807, 2.05) is 0 Å². The van der Waals surface area contributed by atoms with Crippen LogP contribution in [0.1, 0.15) is 52.4 Å². The van der Waals surface area contributed by atoms with E-state index < -0.39 is 6.10 Å². The molecule has 7 unspecified atom stereocenters. The van der Waals surface area contributed by atoms with Crippen LogP contribution in [0.4, 0.5) is 0 Å². The van der Waals surface area contributed by atoms with Gasteiger partial charge < -0.3 is 5.11 Å². The van der Waals surface area contributed by atoms with Crippen LogP contribution >= 0.6 is 0 Å². The van der Waals surface area contributed by atoms with Crippen molar-refractivity contribution in [3.63, 3.8) is 0 Å². The zero-order valence-electron chi connectivity index (χ0n) is 13.9. The van der Waals surface area contributed by atoms with Gasteiger partial charge >= 0.3 is 0 Å². The lowest BCUT2D eigenvalue weighted by molar-refractivity contribution is -0.104. The fourth-order valence-corrected chi connectivity index (χ4v) is 5.53. The smallest absolute Gasteiger partial charge is 0.142 e. The molecule has 2 heteroatoms. The van der Waals surface area contributed by atoms with E-state index in [0.717, 1.165) is 30.5 Å². The molecule has 3 aliphatic rings. The summed E-state index contributed by atoms with van der Waals surface area (Å²) in [6.07, 6.45) is 15.5. The first kappa shape index (κ1) is 16.0. The van der Waals surface area contributed by atoms with Crippen molar-refractivity contribution in [3.05, 3.63) is 24.3 Å². The SMILES string of the molecule is CC1CCC1C1CCC2(C)C=CCC2C1CC(O)/C=C/C=O. The predicted octanol–water partition coefficient (Wildman–Crippen LogP) is 4.15. The molecule has 2 saturated carbocycles. The standard InChI is InChI=1S/C20H30O2/c1-14-7-8-16(14)17-9-11-20(2)10-3-6-19(20)18(17)13-15(22)5-4-12-21/h3-5,10,12,14-19,22H,6-9,11,13H2,1-2H3/b5-4+. The molecular formula is C20H30O2. The Morgan fingerprint density at radius 1 is 1.32 bits per heavy atom. The van der Waals surface area contributed by atoms with Gasteiger partial charge in [0, 0.05) is 0 Å². The summed E-state index contributed by atoms with van der Waals surface area (Å²) in [5, 5.41) is 10.3. The molecule has 0 radical (unpaired) electrons. The van der Waals surface area contributed by atoms with Gasteiger partial charge in [-0.15, -0.1) is 0 Å². The number of aliphatic hydroxyl groups excluding tert-OH is 1. The largest absolute Gasteiger partial charge is 0.389 e. The van der Waals surface area contributed by atoms with E-state index in [9.17, 15) is 9.90 Å². The van der Waals surface area contributed by atoms with Crippen LogP contribution in [0.3, 0.4) is 0 Å². The molecule has 0 aromatic heterocycles. The van der Waals surface area contributed by atoms with E-state index in [1.54, 1.807) is 6.08 Å². The number of rotatable bonds is 5. The molecule has 0 aromatic carbocycles. The second kappa shape index (κ2) is 6.31. The van der Waals surface area contributed by atoms with E-state index in [4.69, 9.17) is 0 Å². The van der Waals surface area contributed by atoms with Gasteiger partial charge in [0.2, 0.25) is 0 Å². The molecule has 122 valence electrons. The highest BCUT2D eigenvalue weighted by molar-refractivity contribution is 5.64. The van der Waals surface area contributed by atoms with Crippen LogP contribution in [-0.4, -0.2) is 17.5 Å². The van der Waals surface area contributed by atoms with Crippen molar-refractivity contribution in [2.75, 3.05) is 0 Å². The summed E-state index contributed by atoms with van der Waals surface area (Å²) >= 11 is 0. The van der Waals surface area contributed by atoms with E-state index in [2.05, 4.69) is 26.0 Å². The van der Waals surface area contributed by atoms with Gasteiger partial charge in [0.05, 0.1) is 6.10 Å². The fourth-order valence-electron chi connectivity index (χ4n) is 5.53. The Kier molecular flexibility index (Phi) is 4.59. The van der Waals surface area contributed by atoms with Gasteiger partial charge in [0.25, 0.3) is 0 Å². The number of aliphatic hydroxyl groups is 1. The number of carbonyl (C=O) groups is 1. The topological polar surface area (TPSA) is 37.3 Å². The first-order valence-electron chi connectivity index (χ1n) is 9.03. The molecule has 0 saturated heterocycles. The van der Waals surface area contributed by atoms with Crippen molar-refractivity contribution >= 4 is 6.29 Å². The quantitative estimate of drug-likeness (QED) is 0.470. The van der Waals surface area contributed by atoms with Gasteiger partial charge in [-0.1, -0.05) is 38.5 Å². The van der Waals surface area contributed by atoms with Crippen LogP contribution in [0.25, 0.3) is 0 Å². The van der Waals surface area contributed by atoms with Crippen molar-refractivity contribution in [3.8, 4) is 0 Å². The van der Waals surface area contributed by atoms with Crippen LogP contribution in [0.5, 0.6) is 0 Å². The van der Waals surface area contributed by atoms with E-state index >= 15 is 0 Å². The minimum absolute atomic E-state index is 0.336. The Bertz CT molecular complexity index is 466. The molecule has 0 aliphatic heterocycles. The van der Waals surface area contributed by atoms with E-state index in [1.165, 1.54) is 38.2 Å². The molecule has 0 spiro atoms. The highest BCUT2D eigenvalue weighted by atomic mass is 16.3. The predicted molar refractivity (Wildman–Crippen MR) is 89.3 cm³/mol. The van der Waals surface area contributed by atoms with Crippen LogP contribution in [0.15, 0.2) is 24.3 Å². The van der Waals surface area contributed by atoms with Gasteiger partial charge in [-0.3, -0.25) is 4.79 Å². The van der Waals surface area contributed by atoms with Crippen LogP contribution in [0, 0.1) is 35.0 Å². The van der Waals surface area contributed by atoms with Crippen molar-refractivity contribution in [1.29, 1.82) is 0 Å². The maximum Gasteiger partial charge on any atom is 0.142 e. The maximum atomic E-state index is 10.5. The Balaban J connectivity index is 1.77. The van der Waals surface area contributed by atoms with E-state index in [-0.39, 0.29) is 0 Å². The van der Waals surface area contributed by atoms with Gasteiger partial charge in [-0.05, 0) is 73.2 Å². The number of hydrogen-bond donors (Lipinski definition) is 1. The lowest BCUT2D eigenvalue weighted by Gasteiger charge is -2.53. The van der Waals surface area contributed by atoms with Gasteiger partial charge in [0.15, 0.2) is 0 Å². The van der Waals surface area contributed by atoms with Crippen molar-refractivity contribution in [2.45, 2.75) is 58.5 Å². The summed E-state index contributed by atoms with van der Waals surface area (Å²) < 4.78 is 0. The summed E-state index contributed by atoms with van der Waals surface area (Å²) in [5.74, 6) is 3.75. The zero-order chi connectivity index (χ0) is 15.7. The summed E-state index contributed by atoms with van der Waals surface area (Å²) in [7, 11) is 0. The molecule has 0 amide bonds. The first-order valence-corrected chi connectivity index (χ1v) is 9.03. The first-order chi connectivity index (χ1) is 10.5. The Hall–Kier alpha value is -0.890. The lowest BCUT2D eigenvalue weighted by atomic mass is 9.52.